The lowest BCUT2D eigenvalue weighted by Gasteiger charge is -2.33. The van der Waals surface area contributed by atoms with Crippen molar-refractivity contribution in [3.8, 4) is 5.75 Å². The highest BCUT2D eigenvalue weighted by molar-refractivity contribution is 9.10. The quantitative estimate of drug-likeness (QED) is 0.771. The summed E-state index contributed by atoms with van der Waals surface area (Å²) in [5.74, 6) is 1.87. The first-order chi connectivity index (χ1) is 11.2. The number of rotatable bonds is 6. The van der Waals surface area contributed by atoms with E-state index < -0.39 is 0 Å². The molecule has 23 heavy (non-hydrogen) atoms. The normalized spacial score (nSPS) is 16.6. The smallest absolute Gasteiger partial charge is 0.150 e. The van der Waals surface area contributed by atoms with E-state index in [-0.39, 0.29) is 0 Å². The van der Waals surface area contributed by atoms with Crippen LogP contribution in [0.15, 0.2) is 39.3 Å². The molecule has 1 aromatic heterocycles. The van der Waals surface area contributed by atoms with Gasteiger partial charge in [0.25, 0.3) is 0 Å². The molecule has 1 saturated heterocycles. The summed E-state index contributed by atoms with van der Waals surface area (Å²) < 4.78 is 12.1. The van der Waals surface area contributed by atoms with Gasteiger partial charge in [-0.1, -0.05) is 27.2 Å². The molecule has 124 valence electrons. The molecule has 0 aliphatic carbocycles. The van der Waals surface area contributed by atoms with Crippen LogP contribution in [0, 0.1) is 6.92 Å². The Morgan fingerprint density at radius 2 is 1.96 bits per heavy atom. The number of nitrogens with zero attached hydrogens (tertiary/aromatic N) is 3. The Balaban J connectivity index is 1.36. The molecule has 0 unspecified atom stereocenters. The van der Waals surface area contributed by atoms with E-state index in [0.29, 0.717) is 0 Å². The van der Waals surface area contributed by atoms with E-state index in [9.17, 15) is 0 Å². The van der Waals surface area contributed by atoms with Gasteiger partial charge >= 0.3 is 0 Å². The number of hydrogen-bond acceptors (Lipinski definition) is 5. The van der Waals surface area contributed by atoms with E-state index in [2.05, 4.69) is 30.9 Å². The Bertz CT molecular complexity index is 624. The number of piperazine rings is 1. The lowest BCUT2D eigenvalue weighted by molar-refractivity contribution is 0.106. The average molecular weight is 380 g/mol. The van der Waals surface area contributed by atoms with Crippen molar-refractivity contribution in [2.24, 2.45) is 0 Å². The van der Waals surface area contributed by atoms with Crippen LogP contribution in [-0.4, -0.2) is 54.3 Å². The van der Waals surface area contributed by atoms with Crippen LogP contribution in [0.3, 0.4) is 0 Å². The van der Waals surface area contributed by atoms with Gasteiger partial charge in [-0.3, -0.25) is 9.80 Å². The van der Waals surface area contributed by atoms with Gasteiger partial charge in [-0.2, -0.15) is 0 Å². The number of benzene rings is 1. The highest BCUT2D eigenvalue weighted by atomic mass is 79.9. The van der Waals surface area contributed by atoms with Crippen molar-refractivity contribution in [3.63, 3.8) is 0 Å². The van der Waals surface area contributed by atoms with Gasteiger partial charge in [0.15, 0.2) is 5.76 Å². The highest BCUT2D eigenvalue weighted by Gasteiger charge is 2.18. The second-order valence-electron chi connectivity index (χ2n) is 5.86. The number of aryl methyl sites for hydroxylation is 1. The third-order valence-electron chi connectivity index (χ3n) is 3.99. The Labute approximate surface area is 145 Å². The summed E-state index contributed by atoms with van der Waals surface area (Å²) in [6.07, 6.45) is 0. The minimum atomic E-state index is 0.720. The molecule has 0 spiro atoms. The molecule has 1 fully saturated rings. The SMILES string of the molecule is Cc1cc(CN2CCN(CCOc3cccc(Br)c3)CC2)on1. The zero-order valence-electron chi connectivity index (χ0n) is 13.4. The molecule has 0 N–H and O–H groups in total. The molecule has 0 amide bonds. The molecule has 2 aromatic rings. The second kappa shape index (κ2) is 7.95. The van der Waals surface area contributed by atoms with Crippen molar-refractivity contribution in [3.05, 3.63) is 46.3 Å². The maximum Gasteiger partial charge on any atom is 0.150 e. The Morgan fingerprint density at radius 1 is 1.17 bits per heavy atom. The molecule has 5 nitrogen and oxygen atoms in total. The lowest BCUT2D eigenvalue weighted by atomic mass is 10.3. The third kappa shape index (κ3) is 5.06. The zero-order chi connectivity index (χ0) is 16.1. The van der Waals surface area contributed by atoms with Crippen molar-refractivity contribution >= 4 is 15.9 Å². The fraction of sp³-hybridized carbons (Fsp3) is 0.471. The summed E-state index contributed by atoms with van der Waals surface area (Å²) in [6.45, 7) is 8.72. The van der Waals surface area contributed by atoms with E-state index in [1.54, 1.807) is 0 Å². The average Bonchev–Trinajstić information content (AvgIpc) is 2.94. The Morgan fingerprint density at radius 3 is 2.65 bits per heavy atom. The van der Waals surface area contributed by atoms with Crippen LogP contribution >= 0.6 is 15.9 Å². The number of halogens is 1. The van der Waals surface area contributed by atoms with Crippen LogP contribution in [0.5, 0.6) is 5.75 Å². The summed E-state index contributed by atoms with van der Waals surface area (Å²) in [6, 6.07) is 9.99. The Kier molecular flexibility index (Phi) is 5.70. The van der Waals surface area contributed by atoms with Gasteiger partial charge in [0, 0.05) is 43.3 Å². The highest BCUT2D eigenvalue weighted by Crippen LogP contribution is 2.17. The maximum absolute atomic E-state index is 5.81. The minimum absolute atomic E-state index is 0.720. The van der Waals surface area contributed by atoms with Crippen molar-refractivity contribution in [2.75, 3.05) is 39.3 Å². The summed E-state index contributed by atoms with van der Waals surface area (Å²) in [5, 5.41) is 3.94. The third-order valence-corrected chi connectivity index (χ3v) is 4.49. The van der Waals surface area contributed by atoms with E-state index in [1.807, 2.05) is 37.3 Å². The molecule has 1 aliphatic heterocycles. The topological polar surface area (TPSA) is 41.7 Å². The van der Waals surface area contributed by atoms with Crippen LogP contribution in [-0.2, 0) is 6.54 Å². The van der Waals surface area contributed by atoms with Gasteiger partial charge in [0.05, 0.1) is 12.2 Å². The molecule has 1 aromatic carbocycles. The summed E-state index contributed by atoms with van der Waals surface area (Å²) in [7, 11) is 0. The molecule has 0 radical (unpaired) electrons. The molecule has 0 bridgehead atoms. The van der Waals surface area contributed by atoms with Crippen LogP contribution in [0.4, 0.5) is 0 Å². The largest absolute Gasteiger partial charge is 0.492 e. The zero-order valence-corrected chi connectivity index (χ0v) is 15.0. The minimum Gasteiger partial charge on any atom is -0.492 e. The summed E-state index contributed by atoms with van der Waals surface area (Å²) in [5.41, 5.74) is 0.948. The van der Waals surface area contributed by atoms with Gasteiger partial charge in [-0.15, -0.1) is 0 Å². The van der Waals surface area contributed by atoms with Crippen LogP contribution in [0.25, 0.3) is 0 Å². The van der Waals surface area contributed by atoms with E-state index in [4.69, 9.17) is 9.26 Å². The van der Waals surface area contributed by atoms with E-state index in [1.165, 1.54) is 0 Å². The maximum atomic E-state index is 5.81. The van der Waals surface area contributed by atoms with Crippen molar-refractivity contribution in [2.45, 2.75) is 13.5 Å². The summed E-state index contributed by atoms with van der Waals surface area (Å²) >= 11 is 3.46. The van der Waals surface area contributed by atoms with Crippen LogP contribution < -0.4 is 4.74 Å². The molecular weight excluding hydrogens is 358 g/mol. The number of aromatic nitrogens is 1. The fourth-order valence-electron chi connectivity index (χ4n) is 2.73. The monoisotopic (exact) mass is 379 g/mol. The molecule has 0 atom stereocenters. The van der Waals surface area contributed by atoms with Crippen molar-refractivity contribution < 1.29 is 9.26 Å². The van der Waals surface area contributed by atoms with Gasteiger partial charge in [-0.05, 0) is 25.1 Å². The van der Waals surface area contributed by atoms with Crippen LogP contribution in [0.2, 0.25) is 0 Å². The van der Waals surface area contributed by atoms with Crippen LogP contribution in [0.1, 0.15) is 11.5 Å². The first kappa shape index (κ1) is 16.5. The molecule has 0 saturated carbocycles. The summed E-state index contributed by atoms with van der Waals surface area (Å²) in [4.78, 5) is 4.85. The van der Waals surface area contributed by atoms with Gasteiger partial charge < -0.3 is 9.26 Å². The van der Waals surface area contributed by atoms with E-state index in [0.717, 1.165) is 67.6 Å². The predicted octanol–water partition coefficient (Wildman–Crippen LogP) is 2.94. The molecule has 2 heterocycles. The number of hydrogen-bond donors (Lipinski definition) is 0. The van der Waals surface area contributed by atoms with Gasteiger partial charge in [0.1, 0.15) is 12.4 Å². The molecular formula is C17H22BrN3O2. The van der Waals surface area contributed by atoms with E-state index >= 15 is 0 Å². The Hall–Kier alpha value is -1.37. The molecule has 6 heteroatoms. The molecule has 1 aliphatic rings. The second-order valence-corrected chi connectivity index (χ2v) is 6.77. The van der Waals surface area contributed by atoms with Crippen molar-refractivity contribution in [1.29, 1.82) is 0 Å². The first-order valence-corrected chi connectivity index (χ1v) is 8.73. The number of ether oxygens (including phenoxy) is 1. The molecule has 3 rings (SSSR count). The first-order valence-electron chi connectivity index (χ1n) is 7.94. The predicted molar refractivity (Wildman–Crippen MR) is 92.6 cm³/mol. The van der Waals surface area contributed by atoms with Crippen molar-refractivity contribution in [1.82, 2.24) is 15.0 Å². The lowest BCUT2D eigenvalue weighted by Crippen LogP contribution is -2.46. The standard InChI is InChI=1S/C17H22BrN3O2/c1-14-11-17(23-19-14)13-21-7-5-20(6-8-21)9-10-22-16-4-2-3-15(18)12-16/h2-4,11-12H,5-10,13H2,1H3. The van der Waals surface area contributed by atoms with Gasteiger partial charge in [0.2, 0.25) is 0 Å². The fourth-order valence-corrected chi connectivity index (χ4v) is 3.11. The van der Waals surface area contributed by atoms with Gasteiger partial charge in [-0.25, -0.2) is 0 Å².